The van der Waals surface area contributed by atoms with Crippen LogP contribution in [0.2, 0.25) is 0 Å². The number of hydrogen-bond donors (Lipinski definition) is 2. The highest BCUT2D eigenvalue weighted by molar-refractivity contribution is 7.53. The summed E-state index contributed by atoms with van der Waals surface area (Å²) >= 11 is 0. The maximum absolute atomic E-state index is 12.9. The Bertz CT molecular complexity index is 949. The molecule has 3 aromatic rings. The van der Waals surface area contributed by atoms with Crippen LogP contribution >= 0.6 is 7.60 Å². The van der Waals surface area contributed by atoms with Crippen molar-refractivity contribution in [3.05, 3.63) is 42.7 Å². The first-order valence-corrected chi connectivity index (χ1v) is 9.40. The van der Waals surface area contributed by atoms with Gasteiger partial charge in [0.2, 0.25) is 0 Å². The van der Waals surface area contributed by atoms with E-state index in [0.717, 1.165) is 12.1 Å². The monoisotopic (exact) mass is 381 g/mol. The predicted molar refractivity (Wildman–Crippen MR) is 92.0 cm³/mol. The summed E-state index contributed by atoms with van der Waals surface area (Å²) < 4.78 is 37.1. The van der Waals surface area contributed by atoms with E-state index >= 15 is 0 Å². The van der Waals surface area contributed by atoms with Crippen molar-refractivity contribution in [1.82, 2.24) is 19.5 Å². The largest absolute Gasteiger partial charge is 0.423 e. The number of ether oxygens (including phenoxy) is 1. The zero-order chi connectivity index (χ0) is 18.7. The van der Waals surface area contributed by atoms with Gasteiger partial charge in [-0.25, -0.2) is 23.9 Å². The molecule has 0 bridgehead atoms. The molecule has 0 saturated carbocycles. The molecular weight excluding hydrogens is 364 g/mol. The average Bonchev–Trinajstić information content (AvgIpc) is 3.00. The Morgan fingerprint density at radius 3 is 2.77 bits per heavy atom. The molecule has 1 aromatic carbocycles. The van der Waals surface area contributed by atoms with Gasteiger partial charge in [-0.15, -0.1) is 0 Å². The smallest absolute Gasteiger partial charge is 0.402 e. The zero-order valence-electron chi connectivity index (χ0n) is 13.8. The van der Waals surface area contributed by atoms with E-state index in [1.165, 1.54) is 18.5 Å². The quantitative estimate of drug-likeness (QED) is 0.597. The molecule has 0 aliphatic heterocycles. The predicted octanol–water partition coefficient (Wildman–Crippen LogP) is 2.17. The Balaban J connectivity index is 1.59. The fraction of sp³-hybridized carbons (Fsp3) is 0.267. The number of nitrogens with zero attached hydrogens (tertiary/aromatic N) is 4. The lowest BCUT2D eigenvalue weighted by molar-refractivity contribution is 0.0772. The number of imidazole rings is 1. The molecule has 11 heteroatoms. The van der Waals surface area contributed by atoms with E-state index in [1.54, 1.807) is 17.8 Å². The number of rotatable bonds is 7. The number of fused-ring (bicyclic) bond motifs is 1. The molecule has 2 aromatic heterocycles. The van der Waals surface area contributed by atoms with E-state index in [4.69, 9.17) is 15.0 Å². The number of nitrogens with two attached hydrogens (primary N) is 1. The number of halogens is 1. The molecule has 0 amide bonds. The van der Waals surface area contributed by atoms with Crippen molar-refractivity contribution >= 4 is 24.6 Å². The van der Waals surface area contributed by atoms with E-state index in [0.29, 0.717) is 17.7 Å². The summed E-state index contributed by atoms with van der Waals surface area (Å²) in [5, 5.41) is 0. The van der Waals surface area contributed by atoms with Crippen molar-refractivity contribution in [1.29, 1.82) is 0 Å². The molecule has 2 heterocycles. The molecule has 0 aliphatic carbocycles. The van der Waals surface area contributed by atoms with Gasteiger partial charge in [-0.1, -0.05) is 0 Å². The summed E-state index contributed by atoms with van der Waals surface area (Å²) in [6.07, 6.45) is 1.93. The standard InChI is InChI=1S/C15H17FN5O4P/c1-10(6-21-8-20-13-14(17)18-7-19-15(13)21)24-9-26(22,23)25-12-4-2-11(16)3-5-12/h2-5,7-8,10H,6,9H2,1H3,(H,22,23)(H2,17,18,19)/t10-/m1/s1. The molecule has 0 aliphatic rings. The Morgan fingerprint density at radius 2 is 2.04 bits per heavy atom. The van der Waals surface area contributed by atoms with Gasteiger partial charge in [0.15, 0.2) is 17.8 Å². The highest BCUT2D eigenvalue weighted by Crippen LogP contribution is 2.42. The van der Waals surface area contributed by atoms with Gasteiger partial charge in [-0.05, 0) is 31.2 Å². The maximum atomic E-state index is 12.9. The Labute approximate surface area is 148 Å². The first-order chi connectivity index (χ1) is 12.3. The van der Waals surface area contributed by atoms with E-state index in [1.807, 2.05) is 0 Å². The SMILES string of the molecule is C[C@H](Cn1cnc2c(N)ncnc21)OCP(=O)(O)Oc1ccc(F)cc1. The lowest BCUT2D eigenvalue weighted by Gasteiger charge is -2.17. The molecule has 0 radical (unpaired) electrons. The third kappa shape index (κ3) is 4.34. The van der Waals surface area contributed by atoms with Crippen LogP contribution in [0.5, 0.6) is 5.75 Å². The first kappa shape index (κ1) is 18.2. The van der Waals surface area contributed by atoms with Crippen molar-refractivity contribution < 1.29 is 23.1 Å². The molecule has 1 unspecified atom stereocenters. The van der Waals surface area contributed by atoms with Gasteiger partial charge < -0.3 is 24.5 Å². The minimum absolute atomic E-state index is 0.0845. The van der Waals surface area contributed by atoms with E-state index in [2.05, 4.69) is 15.0 Å². The van der Waals surface area contributed by atoms with Gasteiger partial charge in [0, 0.05) is 0 Å². The summed E-state index contributed by atoms with van der Waals surface area (Å²) in [4.78, 5) is 22.0. The van der Waals surface area contributed by atoms with E-state index in [-0.39, 0.29) is 11.6 Å². The molecule has 0 spiro atoms. The van der Waals surface area contributed by atoms with Crippen molar-refractivity contribution in [2.45, 2.75) is 19.6 Å². The van der Waals surface area contributed by atoms with Gasteiger partial charge in [0.05, 0.1) is 19.0 Å². The molecule has 9 nitrogen and oxygen atoms in total. The van der Waals surface area contributed by atoms with Crippen LogP contribution in [-0.2, 0) is 15.8 Å². The van der Waals surface area contributed by atoms with Crippen LogP contribution in [0.1, 0.15) is 6.92 Å². The highest BCUT2D eigenvalue weighted by atomic mass is 31.2. The lowest BCUT2D eigenvalue weighted by Crippen LogP contribution is -2.18. The molecule has 0 fully saturated rings. The van der Waals surface area contributed by atoms with Crippen LogP contribution in [0.3, 0.4) is 0 Å². The molecule has 138 valence electrons. The van der Waals surface area contributed by atoms with Crippen molar-refractivity contribution in [3.8, 4) is 5.75 Å². The van der Waals surface area contributed by atoms with Crippen LogP contribution in [0.25, 0.3) is 11.2 Å². The van der Waals surface area contributed by atoms with Crippen LogP contribution in [0.15, 0.2) is 36.9 Å². The van der Waals surface area contributed by atoms with Crippen molar-refractivity contribution in [3.63, 3.8) is 0 Å². The first-order valence-electron chi connectivity index (χ1n) is 7.64. The summed E-state index contributed by atoms with van der Waals surface area (Å²) in [6, 6.07) is 4.81. The van der Waals surface area contributed by atoms with Gasteiger partial charge in [-0.3, -0.25) is 0 Å². The fourth-order valence-corrected chi connectivity index (χ4v) is 3.22. The van der Waals surface area contributed by atoms with Crippen LogP contribution in [-0.4, -0.2) is 36.9 Å². The molecule has 2 atom stereocenters. The maximum Gasteiger partial charge on any atom is 0.402 e. The highest BCUT2D eigenvalue weighted by Gasteiger charge is 2.23. The summed E-state index contributed by atoms with van der Waals surface area (Å²) in [6.45, 7) is 2.07. The number of anilines is 1. The Hall–Kier alpha value is -2.55. The van der Waals surface area contributed by atoms with Crippen LogP contribution in [0, 0.1) is 5.82 Å². The number of aromatic nitrogens is 4. The van der Waals surface area contributed by atoms with Crippen molar-refractivity contribution in [2.75, 3.05) is 12.1 Å². The minimum Gasteiger partial charge on any atom is -0.423 e. The minimum atomic E-state index is -4.04. The van der Waals surface area contributed by atoms with Gasteiger partial charge in [0.25, 0.3) is 0 Å². The number of hydrogen-bond acceptors (Lipinski definition) is 7. The van der Waals surface area contributed by atoms with Crippen molar-refractivity contribution in [2.24, 2.45) is 0 Å². The average molecular weight is 381 g/mol. The molecule has 26 heavy (non-hydrogen) atoms. The zero-order valence-corrected chi connectivity index (χ0v) is 14.7. The summed E-state index contributed by atoms with van der Waals surface area (Å²) in [5.41, 5.74) is 6.75. The summed E-state index contributed by atoms with van der Waals surface area (Å²) in [7, 11) is -4.04. The Kier molecular flexibility index (Phi) is 5.17. The molecular formula is C15H17FN5O4P. The topological polar surface area (TPSA) is 125 Å². The number of benzene rings is 1. The molecule has 0 saturated heterocycles. The normalized spacial score (nSPS) is 14.9. The van der Waals surface area contributed by atoms with Gasteiger partial charge >= 0.3 is 7.60 Å². The second-order valence-corrected chi connectivity index (χ2v) is 7.33. The fourth-order valence-electron chi connectivity index (χ4n) is 2.27. The number of nitrogen functional groups attached to an aromatic ring is 1. The molecule has 3 N–H and O–H groups in total. The third-order valence-corrected chi connectivity index (χ3v) is 4.44. The second kappa shape index (κ2) is 7.36. The van der Waals surface area contributed by atoms with Crippen LogP contribution < -0.4 is 10.3 Å². The van der Waals surface area contributed by atoms with E-state index in [9.17, 15) is 13.8 Å². The summed E-state index contributed by atoms with van der Waals surface area (Å²) in [5.74, 6) is -0.108. The van der Waals surface area contributed by atoms with Crippen LogP contribution in [0.4, 0.5) is 10.2 Å². The second-order valence-electron chi connectivity index (χ2n) is 5.62. The molecule has 3 rings (SSSR count). The van der Waals surface area contributed by atoms with E-state index < -0.39 is 25.9 Å². The lowest BCUT2D eigenvalue weighted by atomic mass is 10.3. The third-order valence-electron chi connectivity index (χ3n) is 3.47. The van der Waals surface area contributed by atoms with Gasteiger partial charge in [0.1, 0.15) is 23.4 Å². The Morgan fingerprint density at radius 1 is 1.31 bits per heavy atom. The van der Waals surface area contributed by atoms with Gasteiger partial charge in [-0.2, -0.15) is 0 Å².